The number of anilines is 1. The molecule has 17 heavy (non-hydrogen) atoms. The number of aryl methyl sites for hydroxylation is 1. The molecule has 0 heterocycles. The summed E-state index contributed by atoms with van der Waals surface area (Å²) in [5.74, 6) is 0. The van der Waals surface area contributed by atoms with Crippen molar-refractivity contribution in [2.24, 2.45) is 0 Å². The normalized spacial score (nSPS) is 13.0. The van der Waals surface area contributed by atoms with Crippen molar-refractivity contribution in [1.82, 2.24) is 0 Å². The van der Waals surface area contributed by atoms with E-state index in [0.717, 1.165) is 5.69 Å². The van der Waals surface area contributed by atoms with Crippen LogP contribution in [-0.2, 0) is 5.41 Å². The maximum absolute atomic E-state index is 8.95. The summed E-state index contributed by atoms with van der Waals surface area (Å²) in [6.07, 6.45) is 0. The smallest absolute Gasteiger partial charge is 0.113 e. The maximum Gasteiger partial charge on any atom is 0.113 e. The molecular formula is C15H22N2. The van der Waals surface area contributed by atoms with Crippen LogP contribution in [0.15, 0.2) is 18.2 Å². The van der Waals surface area contributed by atoms with Crippen LogP contribution >= 0.6 is 0 Å². The molecule has 0 aliphatic rings. The molecule has 0 amide bonds. The van der Waals surface area contributed by atoms with Crippen LogP contribution < -0.4 is 4.90 Å². The lowest BCUT2D eigenvalue weighted by atomic mass is 9.86. The van der Waals surface area contributed by atoms with Crippen molar-refractivity contribution in [3.05, 3.63) is 29.3 Å². The summed E-state index contributed by atoms with van der Waals surface area (Å²) in [6, 6.07) is 8.65. The van der Waals surface area contributed by atoms with Gasteiger partial charge in [0.2, 0.25) is 0 Å². The number of hydrogen-bond donors (Lipinski definition) is 0. The molecule has 0 radical (unpaired) electrons. The summed E-state index contributed by atoms with van der Waals surface area (Å²) in [4.78, 5) is 2.02. The van der Waals surface area contributed by atoms with Gasteiger partial charge in [-0.3, -0.25) is 0 Å². The quantitative estimate of drug-likeness (QED) is 0.775. The van der Waals surface area contributed by atoms with Gasteiger partial charge in [-0.15, -0.1) is 0 Å². The zero-order valence-electron chi connectivity index (χ0n) is 11.7. The van der Waals surface area contributed by atoms with E-state index in [1.54, 1.807) is 0 Å². The molecule has 0 saturated carbocycles. The molecule has 1 rings (SSSR count). The molecule has 0 aliphatic carbocycles. The molecule has 1 unspecified atom stereocenters. The summed E-state index contributed by atoms with van der Waals surface area (Å²) in [6.45, 7) is 10.7. The minimum atomic E-state index is -0.103. The zero-order valence-corrected chi connectivity index (χ0v) is 11.7. The minimum Gasteiger partial charge on any atom is -0.359 e. The monoisotopic (exact) mass is 230 g/mol. The summed E-state index contributed by atoms with van der Waals surface area (Å²) in [7, 11) is 1.97. The summed E-state index contributed by atoms with van der Waals surface area (Å²) < 4.78 is 0. The first-order valence-electron chi connectivity index (χ1n) is 6.01. The Hall–Kier alpha value is -1.49. The van der Waals surface area contributed by atoms with E-state index >= 15 is 0 Å². The van der Waals surface area contributed by atoms with E-state index in [2.05, 4.69) is 52.0 Å². The van der Waals surface area contributed by atoms with Gasteiger partial charge in [0, 0.05) is 12.7 Å². The van der Waals surface area contributed by atoms with E-state index in [1.807, 2.05) is 18.9 Å². The lowest BCUT2D eigenvalue weighted by Gasteiger charge is -2.26. The molecule has 0 aliphatic heterocycles. The third-order valence-electron chi connectivity index (χ3n) is 3.21. The minimum absolute atomic E-state index is 0.103. The third kappa shape index (κ3) is 3.00. The highest BCUT2D eigenvalue weighted by Gasteiger charge is 2.16. The highest BCUT2D eigenvalue weighted by atomic mass is 15.1. The summed E-state index contributed by atoms with van der Waals surface area (Å²) in [5, 5.41) is 8.95. The summed E-state index contributed by atoms with van der Waals surface area (Å²) in [5.41, 5.74) is 3.86. The number of nitriles is 1. The van der Waals surface area contributed by atoms with Crippen LogP contribution in [0.3, 0.4) is 0 Å². The van der Waals surface area contributed by atoms with Gasteiger partial charge in [0.05, 0.1) is 6.07 Å². The van der Waals surface area contributed by atoms with Crippen molar-refractivity contribution in [2.45, 2.75) is 46.1 Å². The van der Waals surface area contributed by atoms with E-state index in [-0.39, 0.29) is 11.5 Å². The maximum atomic E-state index is 8.95. The first kappa shape index (κ1) is 13.6. The Kier molecular flexibility index (Phi) is 3.83. The van der Waals surface area contributed by atoms with Gasteiger partial charge in [-0.2, -0.15) is 5.26 Å². The first-order chi connectivity index (χ1) is 7.77. The number of hydrogen-bond acceptors (Lipinski definition) is 2. The van der Waals surface area contributed by atoms with Gasteiger partial charge in [-0.1, -0.05) is 32.9 Å². The Balaban J connectivity index is 3.11. The molecule has 92 valence electrons. The third-order valence-corrected chi connectivity index (χ3v) is 3.21. The fraction of sp³-hybridized carbons (Fsp3) is 0.533. The van der Waals surface area contributed by atoms with Gasteiger partial charge >= 0.3 is 0 Å². The Labute approximate surface area is 105 Å². The van der Waals surface area contributed by atoms with Crippen LogP contribution in [0.2, 0.25) is 0 Å². The zero-order chi connectivity index (χ0) is 13.2. The topological polar surface area (TPSA) is 27.0 Å². The Bertz CT molecular complexity index is 435. The van der Waals surface area contributed by atoms with E-state index in [1.165, 1.54) is 11.1 Å². The summed E-state index contributed by atoms with van der Waals surface area (Å²) >= 11 is 0. The van der Waals surface area contributed by atoms with E-state index in [0.29, 0.717) is 0 Å². The first-order valence-corrected chi connectivity index (χ1v) is 6.01. The molecule has 2 nitrogen and oxygen atoms in total. The van der Waals surface area contributed by atoms with Crippen LogP contribution in [0.1, 0.15) is 38.8 Å². The van der Waals surface area contributed by atoms with Gasteiger partial charge in [0.25, 0.3) is 0 Å². The second-order valence-corrected chi connectivity index (χ2v) is 5.67. The predicted molar refractivity (Wildman–Crippen MR) is 73.4 cm³/mol. The average Bonchev–Trinajstić information content (AvgIpc) is 2.25. The highest BCUT2D eigenvalue weighted by molar-refractivity contribution is 5.56. The lowest BCUT2D eigenvalue weighted by Crippen LogP contribution is -2.28. The number of benzene rings is 1. The molecule has 1 atom stereocenters. The van der Waals surface area contributed by atoms with Gasteiger partial charge in [-0.25, -0.2) is 0 Å². The van der Waals surface area contributed by atoms with Crippen molar-refractivity contribution in [3.8, 4) is 6.07 Å². The molecular weight excluding hydrogens is 208 g/mol. The van der Waals surface area contributed by atoms with Gasteiger partial charge in [0.15, 0.2) is 0 Å². The predicted octanol–water partition coefficient (Wildman–Crippen LogP) is 3.64. The molecule has 2 heteroatoms. The van der Waals surface area contributed by atoms with Crippen molar-refractivity contribution in [2.75, 3.05) is 11.9 Å². The van der Waals surface area contributed by atoms with Crippen molar-refractivity contribution in [1.29, 1.82) is 5.26 Å². The van der Waals surface area contributed by atoms with Crippen LogP contribution in [0.5, 0.6) is 0 Å². The van der Waals surface area contributed by atoms with Gasteiger partial charge < -0.3 is 4.90 Å². The molecule has 0 spiro atoms. The highest BCUT2D eigenvalue weighted by Crippen LogP contribution is 2.28. The van der Waals surface area contributed by atoms with Crippen molar-refractivity contribution < 1.29 is 0 Å². The van der Waals surface area contributed by atoms with Crippen molar-refractivity contribution in [3.63, 3.8) is 0 Å². The molecule has 0 fully saturated rings. The molecule has 0 bridgehead atoms. The lowest BCUT2D eigenvalue weighted by molar-refractivity contribution is 0.589. The fourth-order valence-corrected chi connectivity index (χ4v) is 1.81. The van der Waals surface area contributed by atoms with Crippen LogP contribution in [0.25, 0.3) is 0 Å². The van der Waals surface area contributed by atoms with Crippen LogP contribution in [0, 0.1) is 18.3 Å². The molecule has 0 N–H and O–H groups in total. The van der Waals surface area contributed by atoms with E-state index < -0.39 is 0 Å². The largest absolute Gasteiger partial charge is 0.359 e. The fourth-order valence-electron chi connectivity index (χ4n) is 1.81. The Morgan fingerprint density at radius 1 is 1.29 bits per heavy atom. The van der Waals surface area contributed by atoms with Crippen LogP contribution in [-0.4, -0.2) is 13.1 Å². The van der Waals surface area contributed by atoms with Crippen molar-refractivity contribution >= 4 is 5.69 Å². The molecule has 1 aromatic rings. The number of nitrogens with zero attached hydrogens (tertiary/aromatic N) is 2. The average molecular weight is 230 g/mol. The molecule has 0 saturated heterocycles. The Morgan fingerprint density at radius 2 is 1.88 bits per heavy atom. The molecule has 0 aromatic heterocycles. The number of rotatable bonds is 2. The van der Waals surface area contributed by atoms with Gasteiger partial charge in [0.1, 0.15) is 6.04 Å². The Morgan fingerprint density at radius 3 is 2.29 bits per heavy atom. The molecule has 1 aromatic carbocycles. The SMILES string of the molecule is Cc1cc(C(C)(C)C)ccc1N(C)C(C)C#N. The van der Waals surface area contributed by atoms with Gasteiger partial charge in [-0.05, 0) is 36.5 Å². The second kappa shape index (κ2) is 4.79. The van der Waals surface area contributed by atoms with E-state index in [4.69, 9.17) is 5.26 Å². The standard InChI is InChI=1S/C15H22N2/c1-11-9-13(15(3,4)5)7-8-14(11)17(6)12(2)10-16/h7-9,12H,1-6H3. The van der Waals surface area contributed by atoms with E-state index in [9.17, 15) is 0 Å². The van der Waals surface area contributed by atoms with Crippen LogP contribution in [0.4, 0.5) is 5.69 Å². The second-order valence-electron chi connectivity index (χ2n) is 5.67.